The highest BCUT2D eigenvalue weighted by Crippen LogP contribution is 2.41. The Morgan fingerprint density at radius 2 is 2.18 bits per heavy atom. The van der Waals surface area contributed by atoms with Gasteiger partial charge in [-0.15, -0.1) is 16.9 Å². The lowest BCUT2D eigenvalue weighted by molar-refractivity contribution is -0.151. The molecule has 1 aromatic carbocycles. The first-order valence-corrected chi connectivity index (χ1v) is 10.6. The molecule has 0 spiro atoms. The average molecular weight is 419 g/mol. The number of amides is 1. The highest BCUT2D eigenvalue weighted by molar-refractivity contribution is 8.01. The number of hydrogen-bond acceptors (Lipinski definition) is 9. The van der Waals surface area contributed by atoms with Crippen LogP contribution in [0.5, 0.6) is 0 Å². The van der Waals surface area contributed by atoms with Crippen molar-refractivity contribution in [1.29, 1.82) is 0 Å². The molecule has 11 heteroatoms. The lowest BCUT2D eigenvalue weighted by Crippen LogP contribution is -2.68. The molecule has 2 aromatic rings. The summed E-state index contributed by atoms with van der Waals surface area (Å²) in [5, 5.41) is 11.8. The number of benzene rings is 1. The molecule has 2 atom stereocenters. The van der Waals surface area contributed by atoms with Crippen molar-refractivity contribution >= 4 is 35.4 Å². The highest BCUT2D eigenvalue weighted by atomic mass is 32.2. The highest BCUT2D eigenvalue weighted by Gasteiger charge is 2.52. The first-order chi connectivity index (χ1) is 13.6. The lowest BCUT2D eigenvalue weighted by Gasteiger charge is -2.48. The van der Waals surface area contributed by atoms with Crippen LogP contribution in [0.3, 0.4) is 0 Å². The second kappa shape index (κ2) is 7.94. The van der Waals surface area contributed by atoms with Gasteiger partial charge in [0.15, 0.2) is 0 Å². The third kappa shape index (κ3) is 3.52. The summed E-state index contributed by atoms with van der Waals surface area (Å²) in [6.07, 6.45) is 0. The molecule has 1 amide bonds. The van der Waals surface area contributed by atoms with Crippen molar-refractivity contribution < 1.29 is 14.3 Å². The van der Waals surface area contributed by atoms with Gasteiger partial charge < -0.3 is 10.5 Å². The number of fused-ring (bicyclic) bond motifs is 1. The number of tetrazole rings is 1. The number of β-lactam (4-membered cyclic amide) rings is 1. The van der Waals surface area contributed by atoms with Gasteiger partial charge in [-0.3, -0.25) is 9.69 Å². The molecule has 1 aromatic heterocycles. The van der Waals surface area contributed by atoms with Crippen LogP contribution in [-0.4, -0.2) is 59.9 Å². The van der Waals surface area contributed by atoms with Gasteiger partial charge in [0.1, 0.15) is 23.7 Å². The van der Waals surface area contributed by atoms with Gasteiger partial charge in [-0.05, 0) is 21.6 Å². The van der Waals surface area contributed by atoms with Gasteiger partial charge in [-0.25, -0.2) is 9.48 Å². The Morgan fingerprint density at radius 1 is 1.39 bits per heavy atom. The molecule has 2 N–H and O–H groups in total. The van der Waals surface area contributed by atoms with E-state index >= 15 is 0 Å². The summed E-state index contributed by atoms with van der Waals surface area (Å²) in [6.45, 7) is 0.142. The minimum absolute atomic E-state index is 0.142. The number of ether oxygens (including phenoxy) is 1. The van der Waals surface area contributed by atoms with Crippen LogP contribution in [0.4, 0.5) is 0 Å². The predicted molar refractivity (Wildman–Crippen MR) is 104 cm³/mol. The largest absolute Gasteiger partial charge is 0.456 e. The SMILES string of the molecule is Cn1nnnc1SCC1=C(C(=O)OCc2ccccc2)N2C(=O)[C@@H](N)[C@H]2SC1. The molecule has 0 radical (unpaired) electrons. The number of nitrogens with zero attached hydrogens (tertiary/aromatic N) is 5. The minimum Gasteiger partial charge on any atom is -0.456 e. The zero-order valence-corrected chi connectivity index (χ0v) is 16.7. The molecule has 1 saturated heterocycles. The molecule has 0 aliphatic carbocycles. The Hall–Kier alpha value is -2.37. The third-order valence-corrected chi connectivity index (χ3v) is 6.91. The third-order valence-electron chi connectivity index (χ3n) is 4.45. The minimum atomic E-state index is -0.584. The maximum absolute atomic E-state index is 12.9. The summed E-state index contributed by atoms with van der Waals surface area (Å²) < 4.78 is 7.06. The molecule has 146 valence electrons. The number of aryl methyl sites for hydroxylation is 1. The Balaban J connectivity index is 1.54. The number of rotatable bonds is 6. The van der Waals surface area contributed by atoms with E-state index in [9.17, 15) is 9.59 Å². The topological polar surface area (TPSA) is 116 Å². The van der Waals surface area contributed by atoms with Crippen molar-refractivity contribution in [2.24, 2.45) is 12.8 Å². The van der Waals surface area contributed by atoms with E-state index in [-0.39, 0.29) is 17.9 Å². The number of aromatic nitrogens is 4. The summed E-state index contributed by atoms with van der Waals surface area (Å²) >= 11 is 2.96. The van der Waals surface area contributed by atoms with Crippen molar-refractivity contribution in [2.75, 3.05) is 11.5 Å². The van der Waals surface area contributed by atoms with Crippen LogP contribution >= 0.6 is 23.5 Å². The van der Waals surface area contributed by atoms with Crippen LogP contribution in [0.1, 0.15) is 5.56 Å². The van der Waals surface area contributed by atoms with E-state index in [1.807, 2.05) is 30.3 Å². The number of carbonyl (C=O) groups excluding carboxylic acids is 2. The Morgan fingerprint density at radius 3 is 2.89 bits per heavy atom. The molecule has 28 heavy (non-hydrogen) atoms. The fourth-order valence-corrected chi connectivity index (χ4v) is 5.25. The predicted octanol–water partition coefficient (Wildman–Crippen LogP) is 0.542. The number of carbonyl (C=O) groups is 2. The lowest BCUT2D eigenvalue weighted by atomic mass is 10.0. The maximum atomic E-state index is 12.9. The number of esters is 1. The molecule has 0 saturated carbocycles. The van der Waals surface area contributed by atoms with E-state index in [4.69, 9.17) is 10.5 Å². The molecule has 2 aliphatic heterocycles. The fraction of sp³-hybridized carbons (Fsp3) is 0.353. The van der Waals surface area contributed by atoms with E-state index in [1.54, 1.807) is 23.5 Å². The molecular weight excluding hydrogens is 400 g/mol. The summed E-state index contributed by atoms with van der Waals surface area (Å²) in [4.78, 5) is 26.7. The molecule has 0 bridgehead atoms. The summed E-state index contributed by atoms with van der Waals surface area (Å²) in [7, 11) is 1.75. The number of nitrogens with two attached hydrogens (primary N) is 1. The Bertz CT molecular complexity index is 932. The van der Waals surface area contributed by atoms with E-state index in [2.05, 4.69) is 15.5 Å². The van der Waals surface area contributed by atoms with Gasteiger partial charge in [0.2, 0.25) is 11.1 Å². The van der Waals surface area contributed by atoms with E-state index in [1.165, 1.54) is 16.7 Å². The van der Waals surface area contributed by atoms with Crippen LogP contribution in [0.25, 0.3) is 0 Å². The second-order valence-corrected chi connectivity index (χ2v) is 8.37. The van der Waals surface area contributed by atoms with Crippen molar-refractivity contribution in [2.45, 2.75) is 23.2 Å². The van der Waals surface area contributed by atoms with Crippen molar-refractivity contribution in [3.8, 4) is 0 Å². The van der Waals surface area contributed by atoms with E-state index in [0.717, 1.165) is 11.1 Å². The molecule has 3 heterocycles. The number of hydrogen-bond donors (Lipinski definition) is 1. The van der Waals surface area contributed by atoms with Crippen LogP contribution in [0.2, 0.25) is 0 Å². The van der Waals surface area contributed by atoms with Gasteiger partial charge in [0.25, 0.3) is 0 Å². The zero-order valence-electron chi connectivity index (χ0n) is 15.0. The quantitative estimate of drug-likeness (QED) is 0.407. The zero-order chi connectivity index (χ0) is 19.7. The molecular formula is C17H18N6O3S2. The fourth-order valence-electron chi connectivity index (χ4n) is 2.97. The van der Waals surface area contributed by atoms with Gasteiger partial charge in [0.05, 0.1) is 0 Å². The first-order valence-electron chi connectivity index (χ1n) is 8.54. The standard InChI is InChI=1S/C17H18N6O3S2/c1-22-17(19-20-21-22)28-9-11-8-27-15-12(18)14(24)23(15)13(11)16(25)26-7-10-5-3-2-4-6-10/h2-6,12,15H,7-9,18H2,1H3/t12-,15-/m1/s1. The normalized spacial score (nSPS) is 21.4. The van der Waals surface area contributed by atoms with Crippen LogP contribution in [0, 0.1) is 0 Å². The van der Waals surface area contributed by atoms with Gasteiger partial charge in [-0.2, -0.15) is 0 Å². The van der Waals surface area contributed by atoms with Gasteiger partial charge >= 0.3 is 5.97 Å². The monoisotopic (exact) mass is 418 g/mol. The molecule has 0 unspecified atom stereocenters. The molecule has 9 nitrogen and oxygen atoms in total. The smallest absolute Gasteiger partial charge is 0.355 e. The van der Waals surface area contributed by atoms with Crippen molar-refractivity contribution in [3.05, 3.63) is 47.2 Å². The average Bonchev–Trinajstić information content (AvgIpc) is 3.14. The van der Waals surface area contributed by atoms with E-state index < -0.39 is 12.0 Å². The Labute approximate surface area is 169 Å². The summed E-state index contributed by atoms with van der Waals surface area (Å²) in [5.74, 6) is 0.298. The maximum Gasteiger partial charge on any atom is 0.355 e. The molecule has 1 fully saturated rings. The Kier molecular flexibility index (Phi) is 5.38. The molecule has 4 rings (SSSR count). The molecule has 2 aliphatic rings. The number of thioether (sulfide) groups is 2. The van der Waals surface area contributed by atoms with Crippen LogP contribution in [0.15, 0.2) is 46.8 Å². The van der Waals surface area contributed by atoms with Gasteiger partial charge in [0, 0.05) is 18.6 Å². The van der Waals surface area contributed by atoms with Crippen molar-refractivity contribution in [3.63, 3.8) is 0 Å². The summed E-state index contributed by atoms with van der Waals surface area (Å²) in [6, 6.07) is 8.83. The van der Waals surface area contributed by atoms with Crippen LogP contribution in [-0.2, 0) is 28.0 Å². The summed E-state index contributed by atoms with van der Waals surface area (Å²) in [5.41, 5.74) is 7.89. The first kappa shape index (κ1) is 19.0. The van der Waals surface area contributed by atoms with E-state index in [0.29, 0.717) is 22.4 Å². The van der Waals surface area contributed by atoms with Crippen molar-refractivity contribution in [1.82, 2.24) is 25.1 Å². The van der Waals surface area contributed by atoms with Gasteiger partial charge in [-0.1, -0.05) is 42.1 Å². The second-order valence-electron chi connectivity index (χ2n) is 6.32. The van der Waals surface area contributed by atoms with Crippen LogP contribution < -0.4 is 5.73 Å².